The summed E-state index contributed by atoms with van der Waals surface area (Å²) in [6.07, 6.45) is -0.202. The molecule has 0 radical (unpaired) electrons. The highest BCUT2D eigenvalue weighted by Gasteiger charge is 2.33. The number of hydrogen-bond acceptors (Lipinski definition) is 5. The van der Waals surface area contributed by atoms with Crippen molar-refractivity contribution in [3.8, 4) is 0 Å². The second kappa shape index (κ2) is 5.88. The molecule has 116 valence electrons. The maximum absolute atomic E-state index is 12.5. The van der Waals surface area contributed by atoms with Gasteiger partial charge in [0, 0.05) is 19.2 Å². The summed E-state index contributed by atoms with van der Waals surface area (Å²) in [5.41, 5.74) is -0.455. The molecule has 21 heavy (non-hydrogen) atoms. The first-order chi connectivity index (χ1) is 9.73. The molecule has 0 saturated carbocycles. The Morgan fingerprint density at radius 3 is 2.71 bits per heavy atom. The molecule has 0 aliphatic carbocycles. The summed E-state index contributed by atoms with van der Waals surface area (Å²) < 4.78 is 26.1. The summed E-state index contributed by atoms with van der Waals surface area (Å²) in [7, 11) is -3.88. The van der Waals surface area contributed by atoms with E-state index < -0.39 is 26.7 Å². The van der Waals surface area contributed by atoms with Gasteiger partial charge in [0.15, 0.2) is 0 Å². The van der Waals surface area contributed by atoms with Crippen molar-refractivity contribution in [1.82, 2.24) is 4.31 Å². The van der Waals surface area contributed by atoms with E-state index in [1.165, 1.54) is 12.1 Å². The first-order valence-corrected chi connectivity index (χ1v) is 8.17. The lowest BCUT2D eigenvalue weighted by molar-refractivity contribution is -0.384. The Labute approximate surface area is 127 Å². The highest BCUT2D eigenvalue weighted by Crippen LogP contribution is 2.30. The second-order valence-corrected chi connectivity index (χ2v) is 7.41. The number of hydrogen-bond donors (Lipinski definition) is 1. The topological polar surface area (TPSA) is 101 Å². The average molecular weight is 335 g/mol. The van der Waals surface area contributed by atoms with E-state index >= 15 is 0 Å². The Morgan fingerprint density at radius 1 is 1.48 bits per heavy atom. The van der Waals surface area contributed by atoms with Gasteiger partial charge in [-0.1, -0.05) is 18.5 Å². The molecule has 1 aromatic carbocycles. The fourth-order valence-corrected chi connectivity index (χ4v) is 3.86. The highest BCUT2D eigenvalue weighted by molar-refractivity contribution is 7.89. The van der Waals surface area contributed by atoms with E-state index in [9.17, 15) is 23.6 Å². The van der Waals surface area contributed by atoms with E-state index in [0.29, 0.717) is 6.42 Å². The zero-order chi connectivity index (χ0) is 15.8. The van der Waals surface area contributed by atoms with E-state index in [1.54, 1.807) is 0 Å². The highest BCUT2D eigenvalue weighted by atomic mass is 35.5. The van der Waals surface area contributed by atoms with Crippen LogP contribution in [0, 0.1) is 16.0 Å². The normalized spacial score (nSPS) is 24.0. The van der Waals surface area contributed by atoms with Crippen molar-refractivity contribution in [2.24, 2.45) is 5.92 Å². The Balaban J connectivity index is 2.36. The molecule has 1 aromatic rings. The molecule has 2 rings (SSSR count). The number of piperidine rings is 1. The Hall–Kier alpha value is -1.22. The predicted molar refractivity (Wildman–Crippen MR) is 76.7 cm³/mol. The van der Waals surface area contributed by atoms with Crippen molar-refractivity contribution in [2.75, 3.05) is 13.1 Å². The van der Waals surface area contributed by atoms with Gasteiger partial charge in [-0.2, -0.15) is 4.31 Å². The van der Waals surface area contributed by atoms with Crippen LogP contribution in [0.3, 0.4) is 0 Å². The molecule has 0 aromatic heterocycles. The molecule has 0 amide bonds. The van der Waals surface area contributed by atoms with Crippen molar-refractivity contribution in [1.29, 1.82) is 0 Å². The molecular weight excluding hydrogens is 320 g/mol. The van der Waals surface area contributed by atoms with Gasteiger partial charge in [0.25, 0.3) is 5.69 Å². The molecule has 1 aliphatic rings. The molecule has 1 aliphatic heterocycles. The molecule has 1 heterocycles. The fraction of sp³-hybridized carbons (Fsp3) is 0.500. The van der Waals surface area contributed by atoms with Crippen molar-refractivity contribution < 1.29 is 18.4 Å². The summed E-state index contributed by atoms with van der Waals surface area (Å²) in [6.45, 7) is 2.11. The third-order valence-corrected chi connectivity index (χ3v) is 5.81. The first-order valence-electron chi connectivity index (χ1n) is 6.35. The molecule has 0 bridgehead atoms. The van der Waals surface area contributed by atoms with Gasteiger partial charge < -0.3 is 5.11 Å². The summed E-state index contributed by atoms with van der Waals surface area (Å²) in [6, 6.07) is 3.37. The van der Waals surface area contributed by atoms with Crippen LogP contribution in [0.15, 0.2) is 23.1 Å². The minimum absolute atomic E-state index is 0.0140. The molecule has 1 fully saturated rings. The number of aliphatic hydroxyl groups excluding tert-OH is 1. The number of rotatable bonds is 3. The van der Waals surface area contributed by atoms with E-state index in [0.717, 1.165) is 10.4 Å². The van der Waals surface area contributed by atoms with E-state index in [-0.39, 0.29) is 28.9 Å². The minimum atomic E-state index is -3.88. The number of nitrogens with zero attached hydrogens (tertiary/aromatic N) is 2. The fourth-order valence-electron chi connectivity index (χ4n) is 2.18. The summed E-state index contributed by atoms with van der Waals surface area (Å²) in [5.74, 6) is 0.0241. The molecular formula is C12H15ClN2O5S. The van der Waals surface area contributed by atoms with E-state index in [2.05, 4.69) is 0 Å². The van der Waals surface area contributed by atoms with Crippen LogP contribution in [-0.4, -0.2) is 41.9 Å². The molecule has 2 unspecified atom stereocenters. The number of nitro groups is 1. The maximum atomic E-state index is 12.5. The van der Waals surface area contributed by atoms with Gasteiger partial charge in [-0.05, 0) is 24.5 Å². The Bertz CT molecular complexity index is 664. The maximum Gasteiger partial charge on any atom is 0.289 e. The summed E-state index contributed by atoms with van der Waals surface area (Å²) in [5, 5.41) is 20.5. The van der Waals surface area contributed by atoms with Gasteiger partial charge in [-0.15, -0.1) is 0 Å². The van der Waals surface area contributed by atoms with Crippen molar-refractivity contribution in [3.05, 3.63) is 33.3 Å². The molecule has 9 heteroatoms. The van der Waals surface area contributed by atoms with Crippen LogP contribution in [-0.2, 0) is 10.0 Å². The molecule has 1 N–H and O–H groups in total. The quantitative estimate of drug-likeness (QED) is 0.669. The zero-order valence-corrected chi connectivity index (χ0v) is 12.8. The van der Waals surface area contributed by atoms with Crippen molar-refractivity contribution in [3.63, 3.8) is 0 Å². The number of β-amino-alcohol motifs (C(OH)–C–C–N with tert-alkyl or cyclic N) is 1. The van der Waals surface area contributed by atoms with Gasteiger partial charge in [0.1, 0.15) is 5.02 Å². The van der Waals surface area contributed by atoms with Gasteiger partial charge in [-0.3, -0.25) is 10.1 Å². The van der Waals surface area contributed by atoms with Crippen molar-refractivity contribution >= 4 is 27.3 Å². The Morgan fingerprint density at radius 2 is 2.14 bits per heavy atom. The van der Waals surface area contributed by atoms with Crippen LogP contribution in [0.2, 0.25) is 5.02 Å². The molecule has 0 spiro atoms. The van der Waals surface area contributed by atoms with Gasteiger partial charge in [-0.25, -0.2) is 8.42 Å². The lowest BCUT2D eigenvalue weighted by atomic mass is 9.98. The van der Waals surface area contributed by atoms with Crippen LogP contribution >= 0.6 is 11.6 Å². The lowest BCUT2D eigenvalue weighted by Gasteiger charge is -2.33. The molecule has 2 atom stereocenters. The van der Waals surface area contributed by atoms with Crippen LogP contribution in [0.25, 0.3) is 0 Å². The van der Waals surface area contributed by atoms with Gasteiger partial charge >= 0.3 is 0 Å². The van der Waals surface area contributed by atoms with E-state index in [4.69, 9.17) is 11.6 Å². The monoisotopic (exact) mass is 334 g/mol. The smallest absolute Gasteiger partial charge is 0.289 e. The predicted octanol–water partition coefficient (Wildman–Crippen LogP) is 1.64. The third-order valence-electron chi connectivity index (χ3n) is 3.63. The van der Waals surface area contributed by atoms with Gasteiger partial charge in [0.05, 0.1) is 15.9 Å². The SMILES string of the molecule is CC1CCN(S(=O)(=O)c2ccc(Cl)c([N+](=O)[O-])c2)CC1O. The van der Waals surface area contributed by atoms with Gasteiger partial charge in [0.2, 0.25) is 10.0 Å². The number of halogens is 1. The summed E-state index contributed by atoms with van der Waals surface area (Å²) >= 11 is 5.68. The first kappa shape index (κ1) is 16.2. The van der Waals surface area contributed by atoms with Crippen LogP contribution in [0.1, 0.15) is 13.3 Å². The molecule has 1 saturated heterocycles. The van der Waals surface area contributed by atoms with E-state index in [1.807, 2.05) is 6.92 Å². The third kappa shape index (κ3) is 3.18. The number of sulfonamides is 1. The standard InChI is InChI=1S/C12H15ClN2O5S/c1-8-4-5-14(7-12(8)16)21(19,20)9-2-3-10(13)11(6-9)15(17)18/h2-3,6,8,12,16H,4-5,7H2,1H3. The van der Waals surface area contributed by atoms with Crippen LogP contribution < -0.4 is 0 Å². The van der Waals surface area contributed by atoms with Crippen LogP contribution in [0.4, 0.5) is 5.69 Å². The second-order valence-electron chi connectivity index (χ2n) is 5.07. The van der Waals surface area contributed by atoms with Crippen LogP contribution in [0.5, 0.6) is 0 Å². The largest absolute Gasteiger partial charge is 0.391 e. The zero-order valence-electron chi connectivity index (χ0n) is 11.3. The van der Waals surface area contributed by atoms with Crippen molar-refractivity contribution in [2.45, 2.75) is 24.3 Å². The minimum Gasteiger partial charge on any atom is -0.391 e. The summed E-state index contributed by atoms with van der Waals surface area (Å²) in [4.78, 5) is 9.92. The number of aliphatic hydroxyl groups is 1. The average Bonchev–Trinajstić information content (AvgIpc) is 2.41. The number of nitro benzene ring substituents is 1. The number of benzene rings is 1. The molecule has 7 nitrogen and oxygen atoms in total. The lowest BCUT2D eigenvalue weighted by Crippen LogP contribution is -2.45. The Kier molecular flexibility index (Phi) is 4.52.